The first-order valence-electron chi connectivity index (χ1n) is 6.31. The van der Waals surface area contributed by atoms with Gasteiger partial charge in [-0.1, -0.05) is 18.7 Å². The Morgan fingerprint density at radius 1 is 1.25 bits per heavy atom. The van der Waals surface area contributed by atoms with Gasteiger partial charge in [0.15, 0.2) is 5.65 Å². The third-order valence-corrected chi connectivity index (χ3v) is 3.96. The molecule has 0 aliphatic rings. The van der Waals surface area contributed by atoms with Crippen molar-refractivity contribution in [2.24, 2.45) is 5.73 Å². The van der Waals surface area contributed by atoms with Crippen molar-refractivity contribution in [1.29, 1.82) is 0 Å². The van der Waals surface area contributed by atoms with E-state index in [2.05, 4.69) is 24.9 Å². The number of aromatic nitrogens is 5. The summed E-state index contributed by atoms with van der Waals surface area (Å²) in [5, 5.41) is 0.835. The molecule has 3 aromatic heterocycles. The Balaban J connectivity index is 1.86. The van der Waals surface area contributed by atoms with E-state index in [1.165, 1.54) is 18.1 Å². The normalized spacial score (nSPS) is 12.7. The van der Waals surface area contributed by atoms with E-state index >= 15 is 0 Å². The van der Waals surface area contributed by atoms with Crippen molar-refractivity contribution in [1.82, 2.24) is 24.9 Å². The summed E-state index contributed by atoms with van der Waals surface area (Å²) >= 11 is 1.52. The average Bonchev–Trinajstić information content (AvgIpc) is 2.97. The molecule has 0 amide bonds. The first-order chi connectivity index (χ1) is 9.78. The largest absolute Gasteiger partial charge is 0.341 e. The molecule has 0 aliphatic carbocycles. The van der Waals surface area contributed by atoms with Crippen LogP contribution >= 0.6 is 11.8 Å². The van der Waals surface area contributed by atoms with Crippen LogP contribution in [0.1, 0.15) is 25.1 Å². The fourth-order valence-corrected chi connectivity index (χ4v) is 2.63. The van der Waals surface area contributed by atoms with Gasteiger partial charge in [0.2, 0.25) is 0 Å². The van der Waals surface area contributed by atoms with Crippen molar-refractivity contribution >= 4 is 22.9 Å². The molecule has 20 heavy (non-hydrogen) atoms. The summed E-state index contributed by atoms with van der Waals surface area (Å²) in [6.45, 7) is 2.05. The van der Waals surface area contributed by atoms with Gasteiger partial charge in [0, 0.05) is 17.1 Å². The smallest absolute Gasteiger partial charge is 0.181 e. The Labute approximate surface area is 120 Å². The van der Waals surface area contributed by atoms with Gasteiger partial charge in [0.1, 0.15) is 16.9 Å². The van der Waals surface area contributed by atoms with E-state index in [0.29, 0.717) is 5.65 Å². The lowest BCUT2D eigenvalue weighted by Crippen LogP contribution is -2.10. The first-order valence-corrected chi connectivity index (χ1v) is 7.13. The minimum atomic E-state index is -0.00702. The highest BCUT2D eigenvalue weighted by atomic mass is 32.2. The van der Waals surface area contributed by atoms with Crippen molar-refractivity contribution in [3.8, 4) is 0 Å². The highest BCUT2D eigenvalue weighted by molar-refractivity contribution is 7.99. The van der Waals surface area contributed by atoms with Crippen molar-refractivity contribution in [3.63, 3.8) is 0 Å². The van der Waals surface area contributed by atoms with E-state index in [1.54, 1.807) is 6.33 Å². The predicted molar refractivity (Wildman–Crippen MR) is 77.3 cm³/mol. The lowest BCUT2D eigenvalue weighted by molar-refractivity contribution is 0.674. The van der Waals surface area contributed by atoms with Crippen molar-refractivity contribution in [3.05, 3.63) is 36.7 Å². The molecule has 3 N–H and O–H groups in total. The Morgan fingerprint density at radius 2 is 2.15 bits per heavy atom. The van der Waals surface area contributed by atoms with Gasteiger partial charge in [-0.2, -0.15) is 0 Å². The molecule has 102 valence electrons. The van der Waals surface area contributed by atoms with Crippen LogP contribution < -0.4 is 5.73 Å². The van der Waals surface area contributed by atoms with E-state index in [1.807, 2.05) is 25.3 Å². The maximum absolute atomic E-state index is 5.95. The number of imidazole rings is 1. The van der Waals surface area contributed by atoms with E-state index in [0.717, 1.165) is 27.6 Å². The molecule has 3 heterocycles. The minimum absolute atomic E-state index is 0.00702. The van der Waals surface area contributed by atoms with Crippen LogP contribution in [-0.2, 0) is 0 Å². The van der Waals surface area contributed by atoms with Gasteiger partial charge in [0.25, 0.3) is 0 Å². The molecule has 7 heteroatoms. The molecular formula is C13H14N6S. The summed E-state index contributed by atoms with van der Waals surface area (Å²) < 4.78 is 0. The number of nitrogens with two attached hydrogens (primary N) is 1. The molecule has 0 aliphatic heterocycles. The quantitative estimate of drug-likeness (QED) is 0.715. The number of hydrogen-bond donors (Lipinski definition) is 2. The highest BCUT2D eigenvalue weighted by Crippen LogP contribution is 2.29. The average molecular weight is 286 g/mol. The molecule has 0 bridgehead atoms. The molecule has 0 radical (unpaired) electrons. The summed E-state index contributed by atoms with van der Waals surface area (Å²) in [7, 11) is 0. The van der Waals surface area contributed by atoms with Crippen LogP contribution in [0.15, 0.2) is 40.9 Å². The van der Waals surface area contributed by atoms with E-state index in [4.69, 9.17) is 5.73 Å². The zero-order valence-electron chi connectivity index (χ0n) is 10.9. The molecular weight excluding hydrogens is 272 g/mol. The fraction of sp³-hybridized carbons (Fsp3) is 0.231. The number of nitrogens with one attached hydrogen (secondary N) is 1. The molecule has 1 unspecified atom stereocenters. The van der Waals surface area contributed by atoms with E-state index < -0.39 is 0 Å². The third kappa shape index (κ3) is 2.50. The number of hydrogen-bond acceptors (Lipinski definition) is 6. The van der Waals surface area contributed by atoms with Crippen molar-refractivity contribution in [2.75, 3.05) is 0 Å². The van der Waals surface area contributed by atoms with Gasteiger partial charge >= 0.3 is 0 Å². The summed E-state index contributed by atoms with van der Waals surface area (Å²) in [5.74, 6) is 0. The molecule has 0 saturated heterocycles. The maximum atomic E-state index is 5.95. The molecule has 3 rings (SSSR count). The zero-order valence-corrected chi connectivity index (χ0v) is 11.8. The van der Waals surface area contributed by atoms with Crippen molar-refractivity contribution in [2.45, 2.75) is 29.3 Å². The van der Waals surface area contributed by atoms with Gasteiger partial charge in [-0.15, -0.1) is 0 Å². The molecule has 6 nitrogen and oxygen atoms in total. The standard InChI is InChI=1S/C13H14N6S/c1-2-9(14)10-4-3-8(5-15-10)20-13-11-12(17-6-16-11)18-7-19-13/h3-7,9H,2,14H2,1H3,(H,16,17,18,19). The summed E-state index contributed by atoms with van der Waals surface area (Å²) in [6.07, 6.45) is 5.82. The fourth-order valence-electron chi connectivity index (χ4n) is 1.81. The Kier molecular flexibility index (Phi) is 3.62. The molecule has 3 aromatic rings. The second-order valence-corrected chi connectivity index (χ2v) is 5.38. The minimum Gasteiger partial charge on any atom is -0.341 e. The molecule has 0 saturated carbocycles. The monoisotopic (exact) mass is 286 g/mol. The van der Waals surface area contributed by atoms with Gasteiger partial charge in [0.05, 0.1) is 12.0 Å². The van der Waals surface area contributed by atoms with Crippen LogP contribution in [0.3, 0.4) is 0 Å². The Bertz CT molecular complexity index is 708. The molecule has 0 fully saturated rings. The second-order valence-electron chi connectivity index (χ2n) is 4.32. The van der Waals surface area contributed by atoms with Gasteiger partial charge in [-0.25, -0.2) is 15.0 Å². The number of H-pyrrole nitrogens is 1. The van der Waals surface area contributed by atoms with E-state index in [9.17, 15) is 0 Å². The molecule has 0 spiro atoms. The maximum Gasteiger partial charge on any atom is 0.181 e. The van der Waals surface area contributed by atoms with Crippen LogP contribution in [0.25, 0.3) is 11.2 Å². The van der Waals surface area contributed by atoms with Crippen LogP contribution in [0, 0.1) is 0 Å². The lowest BCUT2D eigenvalue weighted by atomic mass is 10.1. The third-order valence-electron chi connectivity index (χ3n) is 2.98. The summed E-state index contributed by atoms with van der Waals surface area (Å²) in [6, 6.07) is 3.96. The number of nitrogens with zero attached hydrogens (tertiary/aromatic N) is 4. The van der Waals surface area contributed by atoms with Crippen LogP contribution in [0.4, 0.5) is 0 Å². The SMILES string of the molecule is CCC(N)c1ccc(Sc2ncnc3nc[nH]c23)cn1. The number of aromatic amines is 1. The molecule has 1 atom stereocenters. The molecule has 0 aromatic carbocycles. The summed E-state index contributed by atoms with van der Waals surface area (Å²) in [5.41, 5.74) is 8.37. The predicted octanol–water partition coefficient (Wildman–Crippen LogP) is 2.31. The Hall–Kier alpha value is -1.99. The zero-order chi connectivity index (χ0) is 13.9. The second kappa shape index (κ2) is 5.56. The van der Waals surface area contributed by atoms with Crippen LogP contribution in [-0.4, -0.2) is 24.9 Å². The number of pyridine rings is 1. The van der Waals surface area contributed by atoms with Crippen LogP contribution in [0.2, 0.25) is 0 Å². The van der Waals surface area contributed by atoms with Gasteiger partial charge < -0.3 is 10.7 Å². The Morgan fingerprint density at radius 3 is 2.90 bits per heavy atom. The first kappa shape index (κ1) is 13.0. The topological polar surface area (TPSA) is 93.4 Å². The lowest BCUT2D eigenvalue weighted by Gasteiger charge is -2.08. The van der Waals surface area contributed by atoms with E-state index in [-0.39, 0.29) is 6.04 Å². The van der Waals surface area contributed by atoms with Gasteiger partial charge in [-0.3, -0.25) is 4.98 Å². The van der Waals surface area contributed by atoms with Crippen LogP contribution in [0.5, 0.6) is 0 Å². The number of fused-ring (bicyclic) bond motifs is 1. The van der Waals surface area contributed by atoms with Gasteiger partial charge in [-0.05, 0) is 18.6 Å². The van der Waals surface area contributed by atoms with Crippen molar-refractivity contribution < 1.29 is 0 Å². The number of rotatable bonds is 4. The highest BCUT2D eigenvalue weighted by Gasteiger charge is 2.09. The summed E-state index contributed by atoms with van der Waals surface area (Å²) in [4.78, 5) is 20.9.